The zero-order valence-corrected chi connectivity index (χ0v) is 14.7. The Labute approximate surface area is 152 Å². The molecule has 0 aliphatic heterocycles. The molecule has 0 saturated carbocycles. The average molecular weight is 355 g/mol. The summed E-state index contributed by atoms with van der Waals surface area (Å²) >= 11 is 6.36. The number of esters is 1. The maximum Gasteiger partial charge on any atom is 0.314 e. The summed E-state index contributed by atoms with van der Waals surface area (Å²) in [5.74, 6) is -1.22. The van der Waals surface area contributed by atoms with E-state index in [0.717, 1.165) is 11.1 Å². The number of benzene rings is 2. The molecule has 0 fully saturated rings. The Morgan fingerprint density at radius 1 is 1.12 bits per heavy atom. The van der Waals surface area contributed by atoms with E-state index < -0.39 is 5.92 Å². The lowest BCUT2D eigenvalue weighted by Gasteiger charge is -2.31. The highest BCUT2D eigenvalue weighted by atomic mass is 35.5. The predicted octanol–water partition coefficient (Wildman–Crippen LogP) is 4.66. The maximum absolute atomic E-state index is 12.8. The second-order valence-corrected chi connectivity index (χ2v) is 6.40. The summed E-state index contributed by atoms with van der Waals surface area (Å²) < 4.78 is 5.33. The van der Waals surface area contributed by atoms with Gasteiger partial charge in [0.05, 0.1) is 12.5 Å². The van der Waals surface area contributed by atoms with E-state index in [0.29, 0.717) is 17.2 Å². The Kier molecular flexibility index (Phi) is 5.34. The summed E-state index contributed by atoms with van der Waals surface area (Å²) in [7, 11) is 0. The van der Waals surface area contributed by atoms with Crippen LogP contribution in [0.3, 0.4) is 0 Å². The van der Waals surface area contributed by atoms with Crippen molar-refractivity contribution >= 4 is 28.9 Å². The van der Waals surface area contributed by atoms with E-state index in [9.17, 15) is 9.59 Å². The first-order chi connectivity index (χ1) is 12.1. The normalized spacial score (nSPS) is 20.1. The quantitative estimate of drug-likeness (QED) is 0.750. The van der Waals surface area contributed by atoms with Crippen LogP contribution in [0.25, 0.3) is 5.57 Å². The molecule has 0 radical (unpaired) electrons. The Balaban J connectivity index is 2.12. The highest BCUT2D eigenvalue weighted by Gasteiger charge is 2.39. The first kappa shape index (κ1) is 17.4. The topological polar surface area (TPSA) is 43.4 Å². The van der Waals surface area contributed by atoms with Crippen LogP contribution < -0.4 is 0 Å². The highest BCUT2D eigenvalue weighted by molar-refractivity contribution is 6.31. The van der Waals surface area contributed by atoms with Gasteiger partial charge in [-0.05, 0) is 35.8 Å². The van der Waals surface area contributed by atoms with Crippen molar-refractivity contribution in [2.24, 2.45) is 5.92 Å². The largest absolute Gasteiger partial charge is 0.466 e. The van der Waals surface area contributed by atoms with Crippen LogP contribution in [0.5, 0.6) is 0 Å². The number of allylic oxidation sites excluding steroid dienone is 1. The van der Waals surface area contributed by atoms with Gasteiger partial charge in [0.1, 0.15) is 0 Å². The van der Waals surface area contributed by atoms with Crippen LogP contribution in [-0.4, -0.2) is 18.4 Å². The molecule has 128 valence electrons. The van der Waals surface area contributed by atoms with Crippen molar-refractivity contribution in [1.82, 2.24) is 0 Å². The molecule has 3 rings (SSSR count). The number of carbonyl (C=O) groups excluding carboxylic acids is 2. The van der Waals surface area contributed by atoms with E-state index in [1.54, 1.807) is 19.1 Å². The summed E-state index contributed by atoms with van der Waals surface area (Å²) in [5.41, 5.74) is 2.35. The zero-order chi connectivity index (χ0) is 17.8. The molecule has 0 saturated heterocycles. The fraction of sp³-hybridized carbons (Fsp3) is 0.238. The monoisotopic (exact) mass is 354 g/mol. The number of ether oxygens (including phenoxy) is 1. The molecule has 0 amide bonds. The Morgan fingerprint density at radius 2 is 1.80 bits per heavy atom. The van der Waals surface area contributed by atoms with Crippen LogP contribution in [0, 0.1) is 5.92 Å². The fourth-order valence-corrected chi connectivity index (χ4v) is 3.63. The van der Waals surface area contributed by atoms with Gasteiger partial charge in [0.15, 0.2) is 5.78 Å². The first-order valence-electron chi connectivity index (χ1n) is 8.32. The van der Waals surface area contributed by atoms with Crippen molar-refractivity contribution in [3.05, 3.63) is 76.8 Å². The third-order valence-electron chi connectivity index (χ3n) is 4.43. The summed E-state index contributed by atoms with van der Waals surface area (Å²) in [6, 6.07) is 16.9. The molecule has 3 nitrogen and oxygen atoms in total. The van der Waals surface area contributed by atoms with Gasteiger partial charge in [-0.3, -0.25) is 9.59 Å². The highest BCUT2D eigenvalue weighted by Crippen LogP contribution is 2.44. The van der Waals surface area contributed by atoms with Crippen LogP contribution >= 0.6 is 11.6 Å². The molecule has 1 aliphatic carbocycles. The van der Waals surface area contributed by atoms with E-state index in [-0.39, 0.29) is 24.1 Å². The van der Waals surface area contributed by atoms with Gasteiger partial charge >= 0.3 is 5.97 Å². The van der Waals surface area contributed by atoms with Crippen LogP contribution in [-0.2, 0) is 14.3 Å². The van der Waals surface area contributed by atoms with Crippen LogP contribution in [0.1, 0.15) is 30.4 Å². The molecule has 0 N–H and O–H groups in total. The molecule has 0 bridgehead atoms. The van der Waals surface area contributed by atoms with Crippen molar-refractivity contribution in [2.75, 3.05) is 6.61 Å². The molecule has 1 aliphatic rings. The minimum Gasteiger partial charge on any atom is -0.466 e. The third kappa shape index (κ3) is 3.67. The number of rotatable bonds is 4. The van der Waals surface area contributed by atoms with Gasteiger partial charge in [0.2, 0.25) is 0 Å². The first-order valence-corrected chi connectivity index (χ1v) is 8.70. The van der Waals surface area contributed by atoms with E-state index in [4.69, 9.17) is 16.3 Å². The fourth-order valence-electron chi connectivity index (χ4n) is 3.36. The second kappa shape index (κ2) is 7.66. The smallest absolute Gasteiger partial charge is 0.314 e. The number of carbonyl (C=O) groups is 2. The Hall–Kier alpha value is -2.39. The van der Waals surface area contributed by atoms with Crippen molar-refractivity contribution in [1.29, 1.82) is 0 Å². The van der Waals surface area contributed by atoms with Crippen molar-refractivity contribution in [3.63, 3.8) is 0 Å². The van der Waals surface area contributed by atoms with Crippen molar-refractivity contribution < 1.29 is 14.3 Å². The predicted molar refractivity (Wildman–Crippen MR) is 98.4 cm³/mol. The minimum atomic E-state index is -0.556. The summed E-state index contributed by atoms with van der Waals surface area (Å²) in [5, 5.41) is 0.559. The van der Waals surface area contributed by atoms with Gasteiger partial charge in [-0.1, -0.05) is 60.1 Å². The van der Waals surface area contributed by atoms with Gasteiger partial charge in [0, 0.05) is 17.4 Å². The lowest BCUT2D eigenvalue weighted by molar-refractivity contribution is -0.146. The van der Waals surface area contributed by atoms with Gasteiger partial charge in [0.25, 0.3) is 0 Å². The summed E-state index contributed by atoms with van der Waals surface area (Å²) in [6.07, 6.45) is 1.81. The molecular weight excluding hydrogens is 336 g/mol. The van der Waals surface area contributed by atoms with Crippen molar-refractivity contribution in [2.45, 2.75) is 19.3 Å². The summed E-state index contributed by atoms with van der Waals surface area (Å²) in [6.45, 7) is 2.07. The Morgan fingerprint density at radius 3 is 2.48 bits per heavy atom. The molecule has 2 aromatic carbocycles. The standard InChI is InChI=1S/C21H19ClO3/c1-2-25-21(24)20-17(14-8-4-3-5-9-14)12-15(23)13-18(20)16-10-6-7-11-19(16)22/h3-12,18,20H,2,13H2,1H3/t18-,20+/m0/s1. The van der Waals surface area contributed by atoms with E-state index in [2.05, 4.69) is 0 Å². The van der Waals surface area contributed by atoms with E-state index >= 15 is 0 Å². The number of halogens is 1. The average Bonchev–Trinajstić information content (AvgIpc) is 2.62. The molecule has 0 unspecified atom stereocenters. The van der Waals surface area contributed by atoms with Gasteiger partial charge in [-0.2, -0.15) is 0 Å². The zero-order valence-electron chi connectivity index (χ0n) is 13.9. The lowest BCUT2D eigenvalue weighted by Crippen LogP contribution is -2.31. The SMILES string of the molecule is CCOC(=O)[C@@H]1C(c2ccccc2)=CC(=O)C[C@H]1c1ccccc1Cl. The molecule has 0 aromatic heterocycles. The van der Waals surface area contributed by atoms with Gasteiger partial charge in [-0.25, -0.2) is 0 Å². The lowest BCUT2D eigenvalue weighted by atomic mass is 9.72. The Bertz CT molecular complexity index is 811. The molecular formula is C21H19ClO3. The summed E-state index contributed by atoms with van der Waals surface area (Å²) in [4.78, 5) is 25.2. The number of hydrogen-bond donors (Lipinski definition) is 0. The third-order valence-corrected chi connectivity index (χ3v) is 4.77. The van der Waals surface area contributed by atoms with E-state index in [1.165, 1.54) is 0 Å². The second-order valence-electron chi connectivity index (χ2n) is 5.99. The molecule has 25 heavy (non-hydrogen) atoms. The molecule has 4 heteroatoms. The molecule has 2 aromatic rings. The van der Waals surface area contributed by atoms with Crippen LogP contribution in [0.15, 0.2) is 60.7 Å². The minimum absolute atomic E-state index is 0.00989. The van der Waals surface area contributed by atoms with Gasteiger partial charge in [-0.15, -0.1) is 0 Å². The molecule has 2 atom stereocenters. The van der Waals surface area contributed by atoms with Crippen molar-refractivity contribution in [3.8, 4) is 0 Å². The number of hydrogen-bond acceptors (Lipinski definition) is 3. The van der Waals surface area contributed by atoms with Gasteiger partial charge < -0.3 is 4.74 Å². The van der Waals surface area contributed by atoms with E-state index in [1.807, 2.05) is 48.5 Å². The van der Waals surface area contributed by atoms with Crippen LogP contribution in [0.2, 0.25) is 5.02 Å². The molecule has 0 spiro atoms. The van der Waals surface area contributed by atoms with Crippen LogP contribution in [0.4, 0.5) is 0 Å². The number of ketones is 1. The molecule has 0 heterocycles. The maximum atomic E-state index is 12.8.